The third-order valence-electron chi connectivity index (χ3n) is 2.51. The van der Waals surface area contributed by atoms with Crippen LogP contribution in [-0.2, 0) is 0 Å². The Labute approximate surface area is 101 Å². The van der Waals surface area contributed by atoms with Gasteiger partial charge in [0.2, 0.25) is 0 Å². The summed E-state index contributed by atoms with van der Waals surface area (Å²) in [5.74, 6) is -1.52. The van der Waals surface area contributed by atoms with Gasteiger partial charge in [0.1, 0.15) is 11.4 Å². The molecule has 0 heterocycles. The van der Waals surface area contributed by atoms with Gasteiger partial charge in [-0.15, -0.1) is 0 Å². The van der Waals surface area contributed by atoms with E-state index in [1.807, 2.05) is 25.7 Å². The number of halogens is 1. The van der Waals surface area contributed by atoms with Crippen LogP contribution in [0.5, 0.6) is 0 Å². The van der Waals surface area contributed by atoms with Gasteiger partial charge >= 0.3 is 5.97 Å². The Balaban J connectivity index is 3.18. The molecular formula is C13H18FNO2. The third kappa shape index (κ3) is 3.19. The van der Waals surface area contributed by atoms with E-state index in [2.05, 4.69) is 0 Å². The number of benzene rings is 1. The summed E-state index contributed by atoms with van der Waals surface area (Å²) in [6.07, 6.45) is 0. The first-order valence-corrected chi connectivity index (χ1v) is 5.74. The Morgan fingerprint density at radius 1 is 1.47 bits per heavy atom. The summed E-state index contributed by atoms with van der Waals surface area (Å²) in [4.78, 5) is 13.0. The van der Waals surface area contributed by atoms with Crippen LogP contribution >= 0.6 is 0 Å². The fourth-order valence-electron chi connectivity index (χ4n) is 1.83. The monoisotopic (exact) mass is 239 g/mol. The summed E-state index contributed by atoms with van der Waals surface area (Å²) in [6.45, 7) is 7.38. The van der Waals surface area contributed by atoms with Crippen LogP contribution in [0, 0.1) is 11.7 Å². The summed E-state index contributed by atoms with van der Waals surface area (Å²) in [7, 11) is 0. The SMILES string of the molecule is CCN(CC(C)C)c1cccc(F)c1C(=O)O. The van der Waals surface area contributed by atoms with Crippen LogP contribution in [0.15, 0.2) is 18.2 Å². The first-order valence-electron chi connectivity index (χ1n) is 5.74. The Bertz CT molecular complexity index is 404. The largest absolute Gasteiger partial charge is 0.478 e. The number of carbonyl (C=O) groups is 1. The molecule has 0 aromatic heterocycles. The van der Waals surface area contributed by atoms with Crippen LogP contribution in [0.1, 0.15) is 31.1 Å². The molecule has 17 heavy (non-hydrogen) atoms. The molecule has 1 aromatic rings. The number of nitrogens with zero attached hydrogens (tertiary/aromatic N) is 1. The van der Waals surface area contributed by atoms with E-state index >= 15 is 0 Å². The third-order valence-corrected chi connectivity index (χ3v) is 2.51. The number of hydrogen-bond acceptors (Lipinski definition) is 2. The number of anilines is 1. The number of carboxylic acids is 1. The second-order valence-electron chi connectivity index (χ2n) is 4.37. The molecule has 0 aliphatic carbocycles. The quantitative estimate of drug-likeness (QED) is 0.858. The highest BCUT2D eigenvalue weighted by Gasteiger charge is 2.19. The summed E-state index contributed by atoms with van der Waals surface area (Å²) in [5.41, 5.74) is 0.212. The zero-order chi connectivity index (χ0) is 13.0. The van der Waals surface area contributed by atoms with Crippen molar-refractivity contribution < 1.29 is 14.3 Å². The highest BCUT2D eigenvalue weighted by atomic mass is 19.1. The molecule has 0 saturated carbocycles. The maximum Gasteiger partial charge on any atom is 0.340 e. The minimum atomic E-state index is -1.22. The van der Waals surface area contributed by atoms with Crippen molar-refractivity contribution in [3.05, 3.63) is 29.6 Å². The van der Waals surface area contributed by atoms with Crippen molar-refractivity contribution in [3.63, 3.8) is 0 Å². The Morgan fingerprint density at radius 2 is 2.12 bits per heavy atom. The van der Waals surface area contributed by atoms with Crippen LogP contribution in [-0.4, -0.2) is 24.2 Å². The molecule has 0 aliphatic heterocycles. The van der Waals surface area contributed by atoms with Gasteiger partial charge in [-0.25, -0.2) is 9.18 Å². The number of rotatable bonds is 5. The normalized spacial score (nSPS) is 10.6. The predicted molar refractivity (Wildman–Crippen MR) is 66.1 cm³/mol. The van der Waals surface area contributed by atoms with Crippen molar-refractivity contribution in [1.82, 2.24) is 0 Å². The molecule has 1 aromatic carbocycles. The van der Waals surface area contributed by atoms with E-state index in [4.69, 9.17) is 5.11 Å². The second kappa shape index (κ2) is 5.66. The van der Waals surface area contributed by atoms with Gasteiger partial charge in [0, 0.05) is 13.1 Å². The molecule has 0 amide bonds. The van der Waals surface area contributed by atoms with Gasteiger partial charge in [-0.1, -0.05) is 19.9 Å². The average Bonchev–Trinajstić information content (AvgIpc) is 2.24. The smallest absolute Gasteiger partial charge is 0.340 e. The molecule has 94 valence electrons. The molecule has 0 radical (unpaired) electrons. The lowest BCUT2D eigenvalue weighted by Crippen LogP contribution is -2.29. The summed E-state index contributed by atoms with van der Waals surface area (Å²) in [6, 6.07) is 4.37. The van der Waals surface area contributed by atoms with E-state index in [1.54, 1.807) is 12.1 Å². The first kappa shape index (κ1) is 13.5. The minimum absolute atomic E-state index is 0.241. The lowest BCUT2D eigenvalue weighted by molar-refractivity contribution is 0.0692. The van der Waals surface area contributed by atoms with Crippen molar-refractivity contribution in [2.75, 3.05) is 18.0 Å². The topological polar surface area (TPSA) is 40.5 Å². The number of hydrogen-bond donors (Lipinski definition) is 1. The van der Waals surface area contributed by atoms with Crippen molar-refractivity contribution in [3.8, 4) is 0 Å². The number of carboxylic acid groups (broad SMARTS) is 1. The summed E-state index contributed by atoms with van der Waals surface area (Å²) in [5, 5.41) is 9.06. The molecule has 0 fully saturated rings. The van der Waals surface area contributed by atoms with Gasteiger partial charge in [0.05, 0.1) is 5.69 Å². The first-order chi connectivity index (χ1) is 7.97. The van der Waals surface area contributed by atoms with Gasteiger partial charge in [-0.2, -0.15) is 0 Å². The molecule has 3 nitrogen and oxygen atoms in total. The lowest BCUT2D eigenvalue weighted by Gasteiger charge is -2.26. The lowest BCUT2D eigenvalue weighted by atomic mass is 10.1. The van der Waals surface area contributed by atoms with E-state index in [1.165, 1.54) is 6.07 Å². The Hall–Kier alpha value is -1.58. The molecule has 4 heteroatoms. The van der Waals surface area contributed by atoms with Crippen LogP contribution in [0.4, 0.5) is 10.1 Å². The summed E-state index contributed by atoms with van der Waals surface area (Å²) < 4.78 is 13.5. The molecule has 0 atom stereocenters. The van der Waals surface area contributed by atoms with E-state index in [0.717, 1.165) is 0 Å². The van der Waals surface area contributed by atoms with Gasteiger partial charge in [0.15, 0.2) is 0 Å². The molecule has 1 rings (SSSR count). The number of aromatic carboxylic acids is 1. The molecule has 0 bridgehead atoms. The maximum atomic E-state index is 13.5. The van der Waals surface area contributed by atoms with E-state index in [9.17, 15) is 9.18 Å². The minimum Gasteiger partial charge on any atom is -0.478 e. The second-order valence-corrected chi connectivity index (χ2v) is 4.37. The van der Waals surface area contributed by atoms with Crippen LogP contribution in [0.2, 0.25) is 0 Å². The molecule has 0 aliphatic rings. The zero-order valence-corrected chi connectivity index (χ0v) is 10.4. The zero-order valence-electron chi connectivity index (χ0n) is 10.4. The fraction of sp³-hybridized carbons (Fsp3) is 0.462. The van der Waals surface area contributed by atoms with Crippen molar-refractivity contribution >= 4 is 11.7 Å². The predicted octanol–water partition coefficient (Wildman–Crippen LogP) is 3.01. The van der Waals surface area contributed by atoms with Crippen LogP contribution in [0.3, 0.4) is 0 Å². The standard InChI is InChI=1S/C13H18FNO2/c1-4-15(8-9(2)3)11-7-5-6-10(14)12(11)13(16)17/h5-7,9H,4,8H2,1-3H3,(H,16,17). The Kier molecular flexibility index (Phi) is 4.49. The summed E-state index contributed by atoms with van der Waals surface area (Å²) >= 11 is 0. The molecule has 0 spiro atoms. The van der Waals surface area contributed by atoms with Crippen molar-refractivity contribution in [1.29, 1.82) is 0 Å². The highest BCUT2D eigenvalue weighted by Crippen LogP contribution is 2.24. The molecule has 0 unspecified atom stereocenters. The Morgan fingerprint density at radius 3 is 2.59 bits per heavy atom. The van der Waals surface area contributed by atoms with Crippen LogP contribution < -0.4 is 4.90 Å². The van der Waals surface area contributed by atoms with Gasteiger partial charge in [-0.3, -0.25) is 0 Å². The van der Waals surface area contributed by atoms with E-state index in [0.29, 0.717) is 24.7 Å². The van der Waals surface area contributed by atoms with Crippen LogP contribution in [0.25, 0.3) is 0 Å². The van der Waals surface area contributed by atoms with Gasteiger partial charge in [0.25, 0.3) is 0 Å². The van der Waals surface area contributed by atoms with Crippen molar-refractivity contribution in [2.24, 2.45) is 5.92 Å². The maximum absolute atomic E-state index is 13.5. The van der Waals surface area contributed by atoms with Gasteiger partial charge < -0.3 is 10.0 Å². The fourth-order valence-corrected chi connectivity index (χ4v) is 1.83. The van der Waals surface area contributed by atoms with E-state index < -0.39 is 11.8 Å². The van der Waals surface area contributed by atoms with E-state index in [-0.39, 0.29) is 5.56 Å². The highest BCUT2D eigenvalue weighted by molar-refractivity contribution is 5.94. The van der Waals surface area contributed by atoms with Crippen molar-refractivity contribution in [2.45, 2.75) is 20.8 Å². The van der Waals surface area contributed by atoms with Gasteiger partial charge in [-0.05, 0) is 25.0 Å². The molecule has 1 N–H and O–H groups in total. The average molecular weight is 239 g/mol. The molecular weight excluding hydrogens is 221 g/mol. The molecule has 0 saturated heterocycles.